The Kier molecular flexibility index (Phi) is 5.73. The lowest BCUT2D eigenvalue weighted by Gasteiger charge is -2.46. The van der Waals surface area contributed by atoms with Crippen molar-refractivity contribution in [3.63, 3.8) is 0 Å². The molecular weight excluding hydrogens is 628 g/mol. The van der Waals surface area contributed by atoms with E-state index in [-0.39, 0.29) is 5.41 Å². The Morgan fingerprint density at radius 3 is 1.59 bits per heavy atom. The minimum atomic E-state index is -1.56. The van der Waals surface area contributed by atoms with Crippen molar-refractivity contribution in [2.45, 2.75) is 30.5 Å². The maximum absolute atomic E-state index is 13.6. The number of aliphatic hydroxyl groups is 2. The molecule has 2 unspecified atom stereocenters. The molecule has 0 aliphatic heterocycles. The molecule has 222 valence electrons. The van der Waals surface area contributed by atoms with Crippen molar-refractivity contribution in [3.05, 3.63) is 189 Å². The molecule has 2 atom stereocenters. The molecule has 7 aromatic carbocycles. The second-order valence-electron chi connectivity index (χ2n) is 13.3. The third kappa shape index (κ3) is 3.48. The fraction of sp³-hybridized carbons (Fsp3) is 0.116. The molecule has 0 saturated heterocycles. The van der Waals surface area contributed by atoms with Crippen LogP contribution >= 0.6 is 15.9 Å². The molecule has 0 fully saturated rings. The Hall–Kier alpha value is -4.54. The molecule has 2 nitrogen and oxygen atoms in total. The van der Waals surface area contributed by atoms with Gasteiger partial charge in [0, 0.05) is 32.1 Å². The zero-order chi connectivity index (χ0) is 31.4. The smallest absolute Gasteiger partial charge is 0.142 e. The lowest BCUT2D eigenvalue weighted by Crippen LogP contribution is -2.44. The molecule has 3 heteroatoms. The van der Waals surface area contributed by atoms with Gasteiger partial charge < -0.3 is 10.2 Å². The summed E-state index contributed by atoms with van der Waals surface area (Å²) >= 11 is 3.73. The first kappa shape index (κ1) is 27.7. The van der Waals surface area contributed by atoms with E-state index in [1.165, 1.54) is 11.1 Å². The maximum Gasteiger partial charge on any atom is 0.142 e. The minimum absolute atomic E-state index is 0.296. The lowest BCUT2D eigenvalue weighted by molar-refractivity contribution is 0.0762. The highest BCUT2D eigenvalue weighted by Crippen LogP contribution is 2.59. The first-order chi connectivity index (χ1) is 22.2. The summed E-state index contributed by atoms with van der Waals surface area (Å²) in [6.07, 6.45) is 0. The Morgan fingerprint density at radius 1 is 0.413 bits per heavy atom. The molecule has 9 rings (SSSR count). The number of hydrogen-bond acceptors (Lipinski definition) is 2. The van der Waals surface area contributed by atoms with Crippen molar-refractivity contribution in [1.29, 1.82) is 0 Å². The van der Waals surface area contributed by atoms with E-state index in [2.05, 4.69) is 103 Å². The highest BCUT2D eigenvalue weighted by atomic mass is 79.9. The summed E-state index contributed by atoms with van der Waals surface area (Å²) in [5, 5.41) is 31.3. The topological polar surface area (TPSA) is 40.5 Å². The molecule has 7 aromatic rings. The minimum Gasteiger partial charge on any atom is -0.376 e. The highest BCUT2D eigenvalue weighted by molar-refractivity contribution is 9.10. The molecule has 0 bridgehead atoms. The fourth-order valence-corrected chi connectivity index (χ4v) is 8.79. The lowest BCUT2D eigenvalue weighted by atomic mass is 9.61. The van der Waals surface area contributed by atoms with E-state index in [1.54, 1.807) is 0 Å². The monoisotopic (exact) mass is 658 g/mol. The van der Waals surface area contributed by atoms with Crippen molar-refractivity contribution in [2.75, 3.05) is 0 Å². The molecule has 2 aliphatic carbocycles. The third-order valence-electron chi connectivity index (χ3n) is 10.6. The van der Waals surface area contributed by atoms with Crippen molar-refractivity contribution in [1.82, 2.24) is 0 Å². The average molecular weight is 660 g/mol. The molecule has 2 aliphatic rings. The van der Waals surface area contributed by atoms with Crippen LogP contribution in [0.1, 0.15) is 58.4 Å². The van der Waals surface area contributed by atoms with Gasteiger partial charge in [-0.1, -0.05) is 151 Å². The van der Waals surface area contributed by atoms with Gasteiger partial charge in [0.25, 0.3) is 0 Å². The van der Waals surface area contributed by atoms with E-state index in [0.717, 1.165) is 48.3 Å². The Bertz CT molecular complexity index is 2400. The Labute approximate surface area is 276 Å². The van der Waals surface area contributed by atoms with Crippen LogP contribution in [-0.4, -0.2) is 10.2 Å². The molecule has 46 heavy (non-hydrogen) atoms. The van der Waals surface area contributed by atoms with Crippen LogP contribution in [0.4, 0.5) is 0 Å². The zero-order valence-corrected chi connectivity index (χ0v) is 27.1. The summed E-state index contributed by atoms with van der Waals surface area (Å²) in [6, 6.07) is 47.6. The largest absolute Gasteiger partial charge is 0.376 e. The van der Waals surface area contributed by atoms with Crippen molar-refractivity contribution in [3.8, 4) is 11.1 Å². The Morgan fingerprint density at radius 2 is 0.913 bits per heavy atom. The van der Waals surface area contributed by atoms with Gasteiger partial charge in [-0.15, -0.1) is 0 Å². The normalized spacial score (nSPS) is 20.6. The third-order valence-corrected chi connectivity index (χ3v) is 11.1. The van der Waals surface area contributed by atoms with Crippen LogP contribution in [0, 0.1) is 0 Å². The van der Waals surface area contributed by atoms with E-state index in [1.807, 2.05) is 66.7 Å². The van der Waals surface area contributed by atoms with Gasteiger partial charge >= 0.3 is 0 Å². The van der Waals surface area contributed by atoms with Gasteiger partial charge in [-0.25, -0.2) is 0 Å². The number of fused-ring (bicyclic) bond motifs is 7. The van der Waals surface area contributed by atoms with E-state index >= 15 is 0 Å². The maximum atomic E-state index is 13.6. The fourth-order valence-electron chi connectivity index (χ4n) is 8.43. The second-order valence-corrected chi connectivity index (χ2v) is 14.2. The number of halogens is 1. The highest BCUT2D eigenvalue weighted by Gasteiger charge is 2.53. The quantitative estimate of drug-likeness (QED) is 0.194. The van der Waals surface area contributed by atoms with Crippen LogP contribution in [-0.2, 0) is 16.6 Å². The summed E-state index contributed by atoms with van der Waals surface area (Å²) < 4.78 is 0.836. The van der Waals surface area contributed by atoms with Crippen LogP contribution in [0.5, 0.6) is 0 Å². The molecule has 0 radical (unpaired) electrons. The second kappa shape index (κ2) is 9.49. The number of rotatable bonds is 2. The predicted molar refractivity (Wildman–Crippen MR) is 190 cm³/mol. The molecule has 0 spiro atoms. The summed E-state index contributed by atoms with van der Waals surface area (Å²) in [5.74, 6) is 0. The summed E-state index contributed by atoms with van der Waals surface area (Å²) in [6.45, 7) is 4.51. The van der Waals surface area contributed by atoms with Crippen molar-refractivity contribution >= 4 is 37.5 Å². The molecule has 0 heterocycles. The molecule has 0 amide bonds. The zero-order valence-electron chi connectivity index (χ0n) is 25.6. The molecule has 0 aromatic heterocycles. The van der Waals surface area contributed by atoms with E-state index in [4.69, 9.17) is 0 Å². The number of hydrogen-bond donors (Lipinski definition) is 2. The van der Waals surface area contributed by atoms with Gasteiger partial charge in [-0.2, -0.15) is 0 Å². The SMILES string of the molecule is CC1(C)c2ccccc2-c2cc3c(cc21)C(O)(c1cccc2ccccc12)c1cc(Br)ccc1C3(O)c1cccc2ccccc12. The van der Waals surface area contributed by atoms with Crippen molar-refractivity contribution in [2.24, 2.45) is 0 Å². The first-order valence-corrected chi connectivity index (χ1v) is 16.5. The van der Waals surface area contributed by atoms with Crippen LogP contribution in [0.2, 0.25) is 0 Å². The number of benzene rings is 7. The summed E-state index contributed by atoms with van der Waals surface area (Å²) in [5.41, 5.74) is 5.54. The molecule has 2 N–H and O–H groups in total. The van der Waals surface area contributed by atoms with E-state index in [0.29, 0.717) is 22.3 Å². The standard InChI is InChI=1S/C43H31BrO2/c1-41(2)33-18-8-7-17-31(33)32-24-39-40(25-37(32)41)43(46,35-20-10-14-27-12-4-6-16-30(27)35)38-23-28(44)21-22-36(38)42(39,45)34-19-9-13-26-11-3-5-15-29(26)34/h3-25,45-46H,1-2H3. The van der Waals surface area contributed by atoms with E-state index < -0.39 is 11.2 Å². The molecular formula is C43H31BrO2. The summed E-state index contributed by atoms with van der Waals surface area (Å²) in [4.78, 5) is 0. The van der Waals surface area contributed by atoms with Gasteiger partial charge in [0.2, 0.25) is 0 Å². The summed E-state index contributed by atoms with van der Waals surface area (Å²) in [7, 11) is 0. The van der Waals surface area contributed by atoms with Gasteiger partial charge in [0.15, 0.2) is 0 Å². The van der Waals surface area contributed by atoms with E-state index in [9.17, 15) is 10.2 Å². The first-order valence-electron chi connectivity index (χ1n) is 15.7. The van der Waals surface area contributed by atoms with Gasteiger partial charge in [-0.05, 0) is 73.1 Å². The van der Waals surface area contributed by atoms with Crippen LogP contribution in [0.3, 0.4) is 0 Å². The van der Waals surface area contributed by atoms with Gasteiger partial charge in [-0.3, -0.25) is 0 Å². The Balaban J connectivity index is 1.49. The average Bonchev–Trinajstić information content (AvgIpc) is 3.31. The van der Waals surface area contributed by atoms with Crippen LogP contribution in [0.25, 0.3) is 32.7 Å². The van der Waals surface area contributed by atoms with Crippen molar-refractivity contribution < 1.29 is 10.2 Å². The van der Waals surface area contributed by atoms with Gasteiger partial charge in [0.05, 0.1) is 0 Å². The predicted octanol–water partition coefficient (Wildman–Crippen LogP) is 9.94. The van der Waals surface area contributed by atoms with Gasteiger partial charge in [0.1, 0.15) is 11.2 Å². The van der Waals surface area contributed by atoms with Crippen LogP contribution < -0.4 is 0 Å². The van der Waals surface area contributed by atoms with Crippen LogP contribution in [0.15, 0.2) is 144 Å². The molecule has 0 saturated carbocycles.